The van der Waals surface area contributed by atoms with Gasteiger partial charge in [0.05, 0.1) is 0 Å². The molecule has 2 atom stereocenters. The van der Waals surface area contributed by atoms with Crippen LogP contribution in [0, 0.1) is 11.3 Å². The molecule has 1 saturated carbocycles. The first-order valence-corrected chi connectivity index (χ1v) is 5.23. The molecular weight excluding hydrogens is 164 g/mol. The van der Waals surface area contributed by atoms with Crippen LogP contribution in [0.4, 0.5) is 0 Å². The summed E-state index contributed by atoms with van der Waals surface area (Å²) in [6.45, 7) is 7.15. The lowest BCUT2D eigenvalue weighted by molar-refractivity contribution is -0.131. The van der Waals surface area contributed by atoms with Crippen molar-refractivity contribution in [2.24, 2.45) is 11.3 Å². The summed E-state index contributed by atoms with van der Waals surface area (Å²) in [5.41, 5.74) is 0.231. The minimum Gasteiger partial charge on any atom is -0.464 e. The van der Waals surface area contributed by atoms with Crippen LogP contribution in [-0.4, -0.2) is 12.6 Å². The molecule has 0 saturated heterocycles. The zero-order valence-electron chi connectivity index (χ0n) is 8.88. The van der Waals surface area contributed by atoms with E-state index in [1.54, 1.807) is 0 Å². The molecule has 1 aliphatic carbocycles. The Labute approximate surface area is 80.7 Å². The van der Waals surface area contributed by atoms with E-state index >= 15 is 0 Å². The summed E-state index contributed by atoms with van der Waals surface area (Å²) in [7, 11) is 0. The van der Waals surface area contributed by atoms with Crippen LogP contribution in [0.1, 0.15) is 46.5 Å². The van der Waals surface area contributed by atoms with Crippen LogP contribution < -0.4 is 0 Å². The first kappa shape index (κ1) is 10.6. The van der Waals surface area contributed by atoms with Gasteiger partial charge in [-0.1, -0.05) is 40.0 Å². The third-order valence-corrected chi connectivity index (χ3v) is 3.27. The molecule has 13 heavy (non-hydrogen) atoms. The molecule has 2 unspecified atom stereocenters. The number of unbranched alkanes of at least 4 members (excludes halogenated alkanes) is 2. The molecular formula is C11H20O2. The highest BCUT2D eigenvalue weighted by Gasteiger charge is 2.59. The van der Waals surface area contributed by atoms with Gasteiger partial charge in [-0.2, -0.15) is 0 Å². The van der Waals surface area contributed by atoms with E-state index in [0.717, 1.165) is 0 Å². The normalized spacial score (nSPS) is 29.8. The molecule has 0 bridgehead atoms. The molecule has 0 aromatic rings. The zero-order chi connectivity index (χ0) is 9.90. The van der Waals surface area contributed by atoms with Gasteiger partial charge in [-0.25, -0.2) is 0 Å². The Morgan fingerprint density at radius 2 is 2.08 bits per heavy atom. The van der Waals surface area contributed by atoms with Crippen molar-refractivity contribution in [1.29, 1.82) is 0 Å². The van der Waals surface area contributed by atoms with Crippen LogP contribution in [0.3, 0.4) is 0 Å². The fourth-order valence-electron chi connectivity index (χ4n) is 2.16. The van der Waals surface area contributed by atoms with Crippen molar-refractivity contribution >= 4 is 6.47 Å². The van der Waals surface area contributed by atoms with E-state index in [1.807, 2.05) is 0 Å². The van der Waals surface area contributed by atoms with Crippen molar-refractivity contribution in [3.05, 3.63) is 0 Å². The Hall–Kier alpha value is -0.530. The third-order valence-electron chi connectivity index (χ3n) is 3.27. The van der Waals surface area contributed by atoms with E-state index in [1.165, 1.54) is 25.7 Å². The second kappa shape index (κ2) is 4.12. The molecule has 0 amide bonds. The summed E-state index contributed by atoms with van der Waals surface area (Å²) in [6, 6.07) is 0. The number of ether oxygens (including phenoxy) is 1. The molecule has 1 fully saturated rings. The van der Waals surface area contributed by atoms with Crippen molar-refractivity contribution in [2.45, 2.75) is 52.6 Å². The van der Waals surface area contributed by atoms with Gasteiger partial charge >= 0.3 is 0 Å². The molecule has 2 heteroatoms. The summed E-state index contributed by atoms with van der Waals surface area (Å²) in [5, 5.41) is 0. The smallest absolute Gasteiger partial charge is 0.293 e. The molecule has 1 rings (SSSR count). The Morgan fingerprint density at radius 3 is 2.62 bits per heavy atom. The monoisotopic (exact) mass is 184 g/mol. The standard InChI is InChI=1S/C11H20O2/c1-4-5-6-7-9-10(13-8-12)11(9,2)3/h8-10H,4-7H2,1-3H3. The van der Waals surface area contributed by atoms with Gasteiger partial charge < -0.3 is 4.74 Å². The Morgan fingerprint density at radius 1 is 1.38 bits per heavy atom. The molecule has 0 aromatic heterocycles. The lowest BCUT2D eigenvalue weighted by Crippen LogP contribution is -1.98. The molecule has 0 heterocycles. The SMILES string of the molecule is CCCCCC1C(OC=O)C1(C)C. The second-order valence-corrected chi connectivity index (χ2v) is 4.58. The second-order valence-electron chi connectivity index (χ2n) is 4.58. The lowest BCUT2D eigenvalue weighted by Gasteiger charge is -1.99. The zero-order valence-corrected chi connectivity index (χ0v) is 8.88. The maximum Gasteiger partial charge on any atom is 0.293 e. The van der Waals surface area contributed by atoms with E-state index in [9.17, 15) is 4.79 Å². The molecule has 0 aromatic carbocycles. The van der Waals surface area contributed by atoms with Gasteiger partial charge in [0.25, 0.3) is 6.47 Å². The highest BCUT2D eigenvalue weighted by atomic mass is 16.5. The molecule has 0 radical (unpaired) electrons. The van der Waals surface area contributed by atoms with Crippen molar-refractivity contribution in [2.75, 3.05) is 0 Å². The van der Waals surface area contributed by atoms with Crippen LogP contribution in [0.2, 0.25) is 0 Å². The Kier molecular flexibility index (Phi) is 3.34. The van der Waals surface area contributed by atoms with Gasteiger partial charge in [0.15, 0.2) is 0 Å². The number of rotatable bonds is 6. The summed E-state index contributed by atoms with van der Waals surface area (Å²) >= 11 is 0. The van der Waals surface area contributed by atoms with Crippen LogP contribution in [-0.2, 0) is 9.53 Å². The molecule has 0 aliphatic heterocycles. The minimum atomic E-state index is 0.182. The maximum absolute atomic E-state index is 10.2. The highest BCUT2D eigenvalue weighted by molar-refractivity contribution is 5.39. The first-order chi connectivity index (χ1) is 6.14. The third kappa shape index (κ3) is 2.23. The van der Waals surface area contributed by atoms with E-state index < -0.39 is 0 Å². The average molecular weight is 184 g/mol. The molecule has 2 nitrogen and oxygen atoms in total. The predicted octanol–water partition coefficient (Wildman–Crippen LogP) is 2.76. The molecule has 1 aliphatic rings. The lowest BCUT2D eigenvalue weighted by atomic mass is 10.0. The van der Waals surface area contributed by atoms with Gasteiger partial charge in [-0.15, -0.1) is 0 Å². The summed E-state index contributed by atoms with van der Waals surface area (Å²) < 4.78 is 5.03. The van der Waals surface area contributed by atoms with Crippen molar-refractivity contribution in [3.8, 4) is 0 Å². The molecule has 0 spiro atoms. The number of hydrogen-bond acceptors (Lipinski definition) is 2. The maximum atomic E-state index is 10.2. The van der Waals surface area contributed by atoms with Gasteiger partial charge in [0.2, 0.25) is 0 Å². The van der Waals surface area contributed by atoms with Crippen LogP contribution in [0.25, 0.3) is 0 Å². The van der Waals surface area contributed by atoms with E-state index in [2.05, 4.69) is 20.8 Å². The van der Waals surface area contributed by atoms with E-state index in [0.29, 0.717) is 12.4 Å². The average Bonchev–Trinajstić information content (AvgIpc) is 2.57. The van der Waals surface area contributed by atoms with Gasteiger partial charge in [0.1, 0.15) is 6.10 Å². The first-order valence-electron chi connectivity index (χ1n) is 5.23. The number of carbonyl (C=O) groups is 1. The van der Waals surface area contributed by atoms with Crippen LogP contribution >= 0.6 is 0 Å². The summed E-state index contributed by atoms with van der Waals surface area (Å²) in [6.07, 6.45) is 5.21. The molecule has 0 N–H and O–H groups in total. The summed E-state index contributed by atoms with van der Waals surface area (Å²) in [5.74, 6) is 0.601. The van der Waals surface area contributed by atoms with E-state index in [4.69, 9.17) is 4.74 Å². The highest BCUT2D eigenvalue weighted by Crippen LogP contribution is 2.56. The Bertz CT molecular complexity index is 175. The van der Waals surface area contributed by atoms with Crippen LogP contribution in [0.5, 0.6) is 0 Å². The fourth-order valence-corrected chi connectivity index (χ4v) is 2.16. The predicted molar refractivity (Wildman–Crippen MR) is 52.4 cm³/mol. The Balaban J connectivity index is 2.24. The largest absolute Gasteiger partial charge is 0.464 e. The fraction of sp³-hybridized carbons (Fsp3) is 0.909. The molecule has 76 valence electrons. The number of carbonyl (C=O) groups excluding carboxylic acids is 1. The van der Waals surface area contributed by atoms with Crippen molar-refractivity contribution in [3.63, 3.8) is 0 Å². The summed E-state index contributed by atoms with van der Waals surface area (Å²) in [4.78, 5) is 10.2. The van der Waals surface area contributed by atoms with E-state index in [-0.39, 0.29) is 11.5 Å². The van der Waals surface area contributed by atoms with Crippen molar-refractivity contribution in [1.82, 2.24) is 0 Å². The number of hydrogen-bond donors (Lipinski definition) is 0. The van der Waals surface area contributed by atoms with Gasteiger partial charge in [-0.3, -0.25) is 4.79 Å². The van der Waals surface area contributed by atoms with Crippen molar-refractivity contribution < 1.29 is 9.53 Å². The minimum absolute atomic E-state index is 0.182. The van der Waals surface area contributed by atoms with Gasteiger partial charge in [0, 0.05) is 11.3 Å². The quantitative estimate of drug-likeness (QED) is 0.468. The topological polar surface area (TPSA) is 26.3 Å². The van der Waals surface area contributed by atoms with Crippen LogP contribution in [0.15, 0.2) is 0 Å². The van der Waals surface area contributed by atoms with Gasteiger partial charge in [-0.05, 0) is 6.42 Å².